The summed E-state index contributed by atoms with van der Waals surface area (Å²) in [5.74, 6) is 1.48. The van der Waals surface area contributed by atoms with Crippen LogP contribution in [0.3, 0.4) is 0 Å². The van der Waals surface area contributed by atoms with Crippen LogP contribution in [0.1, 0.15) is 6.42 Å². The Morgan fingerprint density at radius 3 is 3.12 bits per heavy atom. The first kappa shape index (κ1) is 13.2. The van der Waals surface area contributed by atoms with Crippen LogP contribution in [0, 0.1) is 0 Å². The number of imidazole rings is 1. The first-order valence-electron chi connectivity index (χ1n) is 5.28. The molecule has 1 atom stereocenters. The van der Waals surface area contributed by atoms with E-state index in [9.17, 15) is 4.21 Å². The number of aromatic nitrogens is 2. The summed E-state index contributed by atoms with van der Waals surface area (Å²) >= 11 is 0. The Bertz CT molecular complexity index is 328. The molecule has 0 saturated carbocycles. The number of nitrogens with one attached hydrogen (secondary N) is 1. The highest BCUT2D eigenvalue weighted by Crippen LogP contribution is 2.04. The standard InChI is InChI=1S/C10H19N3O2S/c1-15-8-3-6-13-7-4-11-10(13)12-5-9-16(2)14/h4,7H,3,5-6,8-9H2,1-2H3,(H,11,12). The van der Waals surface area contributed by atoms with Gasteiger partial charge in [-0.15, -0.1) is 0 Å². The molecule has 1 rings (SSSR count). The van der Waals surface area contributed by atoms with Gasteiger partial charge in [-0.3, -0.25) is 4.21 Å². The Morgan fingerprint density at radius 1 is 1.62 bits per heavy atom. The minimum absolute atomic E-state index is 0.644. The largest absolute Gasteiger partial charge is 0.385 e. The van der Waals surface area contributed by atoms with E-state index in [1.165, 1.54) is 0 Å². The molecule has 1 heterocycles. The molecule has 6 heteroatoms. The topological polar surface area (TPSA) is 56.1 Å². The van der Waals surface area contributed by atoms with Crippen LogP contribution >= 0.6 is 0 Å². The highest BCUT2D eigenvalue weighted by atomic mass is 32.2. The van der Waals surface area contributed by atoms with Crippen LogP contribution in [0.15, 0.2) is 12.4 Å². The number of hydrogen-bond donors (Lipinski definition) is 1. The van der Waals surface area contributed by atoms with E-state index in [1.54, 1.807) is 19.6 Å². The lowest BCUT2D eigenvalue weighted by atomic mass is 10.4. The van der Waals surface area contributed by atoms with E-state index in [4.69, 9.17) is 4.74 Å². The molecule has 92 valence electrons. The van der Waals surface area contributed by atoms with Gasteiger partial charge in [0.15, 0.2) is 0 Å². The summed E-state index contributed by atoms with van der Waals surface area (Å²) in [4.78, 5) is 4.20. The first-order chi connectivity index (χ1) is 7.74. The quantitative estimate of drug-likeness (QED) is 0.685. The van der Waals surface area contributed by atoms with E-state index in [0.29, 0.717) is 12.3 Å². The van der Waals surface area contributed by atoms with Crippen molar-refractivity contribution in [1.29, 1.82) is 0 Å². The van der Waals surface area contributed by atoms with Crippen LogP contribution in [-0.4, -0.2) is 46.0 Å². The van der Waals surface area contributed by atoms with Gasteiger partial charge < -0.3 is 14.6 Å². The SMILES string of the molecule is COCCCn1ccnc1NCCS(C)=O. The average molecular weight is 245 g/mol. The fraction of sp³-hybridized carbons (Fsp3) is 0.700. The van der Waals surface area contributed by atoms with E-state index < -0.39 is 10.8 Å². The fourth-order valence-corrected chi connectivity index (χ4v) is 1.73. The molecule has 1 aromatic heterocycles. The maximum atomic E-state index is 10.9. The smallest absolute Gasteiger partial charge is 0.202 e. The maximum Gasteiger partial charge on any atom is 0.202 e. The van der Waals surface area contributed by atoms with Crippen LogP contribution < -0.4 is 5.32 Å². The van der Waals surface area contributed by atoms with Crippen LogP contribution in [0.2, 0.25) is 0 Å². The summed E-state index contributed by atoms with van der Waals surface area (Å²) in [6, 6.07) is 0. The Labute approximate surface area is 98.7 Å². The van der Waals surface area contributed by atoms with Gasteiger partial charge in [-0.25, -0.2) is 4.98 Å². The zero-order valence-corrected chi connectivity index (χ0v) is 10.6. The molecule has 0 aromatic carbocycles. The molecule has 0 spiro atoms. The zero-order chi connectivity index (χ0) is 11.8. The fourth-order valence-electron chi connectivity index (χ4n) is 1.34. The molecule has 0 amide bonds. The van der Waals surface area contributed by atoms with Crippen LogP contribution in [-0.2, 0) is 22.1 Å². The molecule has 0 fully saturated rings. The highest BCUT2D eigenvalue weighted by Gasteiger charge is 2.01. The Hall–Kier alpha value is -0.880. The molecule has 0 radical (unpaired) electrons. The van der Waals surface area contributed by atoms with Crippen LogP contribution in [0.4, 0.5) is 5.95 Å². The summed E-state index contributed by atoms with van der Waals surface area (Å²) in [6.45, 7) is 2.31. The third-order valence-electron chi connectivity index (χ3n) is 2.14. The second kappa shape index (κ2) is 7.40. The minimum Gasteiger partial charge on any atom is -0.385 e. The molecule has 0 aliphatic heterocycles. The number of nitrogens with zero attached hydrogens (tertiary/aromatic N) is 2. The molecule has 16 heavy (non-hydrogen) atoms. The van der Waals surface area contributed by atoms with Gasteiger partial charge in [0, 0.05) is 62.0 Å². The van der Waals surface area contributed by atoms with E-state index in [2.05, 4.69) is 10.3 Å². The van der Waals surface area contributed by atoms with Crippen molar-refractivity contribution in [3.05, 3.63) is 12.4 Å². The van der Waals surface area contributed by atoms with Crippen molar-refractivity contribution in [3.63, 3.8) is 0 Å². The second-order valence-electron chi connectivity index (χ2n) is 3.49. The van der Waals surface area contributed by atoms with E-state index >= 15 is 0 Å². The molecule has 0 aliphatic carbocycles. The van der Waals surface area contributed by atoms with Gasteiger partial charge in [-0.1, -0.05) is 0 Å². The third kappa shape index (κ3) is 4.76. The number of hydrogen-bond acceptors (Lipinski definition) is 4. The minimum atomic E-state index is -0.760. The van der Waals surface area contributed by atoms with Gasteiger partial charge in [-0.2, -0.15) is 0 Å². The number of aryl methyl sites for hydroxylation is 1. The van der Waals surface area contributed by atoms with E-state index in [0.717, 1.165) is 25.5 Å². The van der Waals surface area contributed by atoms with Gasteiger partial charge in [0.2, 0.25) is 5.95 Å². The predicted octanol–water partition coefficient (Wildman–Crippen LogP) is 0.710. The highest BCUT2D eigenvalue weighted by molar-refractivity contribution is 7.84. The van der Waals surface area contributed by atoms with Crippen molar-refractivity contribution in [2.45, 2.75) is 13.0 Å². The summed E-state index contributed by atoms with van der Waals surface area (Å²) in [6.07, 6.45) is 6.35. The van der Waals surface area contributed by atoms with Crippen molar-refractivity contribution in [3.8, 4) is 0 Å². The summed E-state index contributed by atoms with van der Waals surface area (Å²) < 4.78 is 17.9. The van der Waals surface area contributed by atoms with Crippen molar-refractivity contribution in [2.24, 2.45) is 0 Å². The average Bonchev–Trinajstić information content (AvgIpc) is 2.66. The van der Waals surface area contributed by atoms with Crippen molar-refractivity contribution in [2.75, 3.05) is 37.6 Å². The normalized spacial score (nSPS) is 12.6. The summed E-state index contributed by atoms with van der Waals surface area (Å²) in [5.41, 5.74) is 0. The van der Waals surface area contributed by atoms with Gasteiger partial charge in [-0.05, 0) is 6.42 Å². The summed E-state index contributed by atoms with van der Waals surface area (Å²) in [5, 5.41) is 3.17. The van der Waals surface area contributed by atoms with Crippen molar-refractivity contribution >= 4 is 16.7 Å². The maximum absolute atomic E-state index is 10.9. The molecule has 5 nitrogen and oxygen atoms in total. The van der Waals surface area contributed by atoms with Crippen molar-refractivity contribution in [1.82, 2.24) is 9.55 Å². The Kier molecular flexibility index (Phi) is 6.10. The van der Waals surface area contributed by atoms with Gasteiger partial charge in [0.05, 0.1) is 0 Å². The van der Waals surface area contributed by atoms with Crippen LogP contribution in [0.25, 0.3) is 0 Å². The molecular weight excluding hydrogens is 226 g/mol. The van der Waals surface area contributed by atoms with E-state index in [-0.39, 0.29) is 0 Å². The number of ether oxygens (including phenoxy) is 1. The van der Waals surface area contributed by atoms with Crippen molar-refractivity contribution < 1.29 is 8.95 Å². The lowest BCUT2D eigenvalue weighted by Gasteiger charge is -2.08. The molecule has 0 aliphatic rings. The number of anilines is 1. The molecule has 0 bridgehead atoms. The van der Waals surface area contributed by atoms with E-state index in [1.807, 2.05) is 10.8 Å². The molecular formula is C10H19N3O2S. The monoisotopic (exact) mass is 245 g/mol. The lowest BCUT2D eigenvalue weighted by molar-refractivity contribution is 0.190. The Balaban J connectivity index is 2.34. The summed E-state index contributed by atoms with van der Waals surface area (Å²) in [7, 11) is 0.938. The number of methoxy groups -OCH3 is 1. The first-order valence-corrected chi connectivity index (χ1v) is 7.00. The Morgan fingerprint density at radius 2 is 2.44 bits per heavy atom. The molecule has 1 aromatic rings. The predicted molar refractivity (Wildman–Crippen MR) is 66.1 cm³/mol. The van der Waals surface area contributed by atoms with Gasteiger partial charge in [0.25, 0.3) is 0 Å². The van der Waals surface area contributed by atoms with Gasteiger partial charge >= 0.3 is 0 Å². The zero-order valence-electron chi connectivity index (χ0n) is 9.81. The lowest BCUT2D eigenvalue weighted by Crippen LogP contribution is -2.14. The number of rotatable bonds is 8. The molecule has 0 saturated heterocycles. The second-order valence-corrected chi connectivity index (χ2v) is 5.05. The molecule has 1 unspecified atom stereocenters. The third-order valence-corrected chi connectivity index (χ3v) is 2.91. The van der Waals surface area contributed by atoms with Crippen LogP contribution in [0.5, 0.6) is 0 Å². The molecule has 1 N–H and O–H groups in total. The van der Waals surface area contributed by atoms with Gasteiger partial charge in [0.1, 0.15) is 0 Å².